The van der Waals surface area contributed by atoms with Gasteiger partial charge in [-0.2, -0.15) is 18.4 Å². The Labute approximate surface area is 108 Å². The Hall–Kier alpha value is -1.74. The molecule has 2 aliphatic rings. The monoisotopic (exact) mass is 267 g/mol. The van der Waals surface area contributed by atoms with E-state index in [1.165, 1.54) is 6.07 Å². The fourth-order valence-electron chi connectivity index (χ4n) is 2.92. The largest absolute Gasteiger partial charge is 0.417 e. The number of nitriles is 1. The van der Waals surface area contributed by atoms with E-state index in [0.717, 1.165) is 25.6 Å². The number of nitrogens with one attached hydrogen (secondary N) is 1. The summed E-state index contributed by atoms with van der Waals surface area (Å²) in [5, 5.41) is 12.1. The van der Waals surface area contributed by atoms with Crippen LogP contribution < -0.4 is 10.2 Å². The molecule has 2 saturated heterocycles. The van der Waals surface area contributed by atoms with Crippen LogP contribution in [-0.4, -0.2) is 25.2 Å². The number of fused-ring (bicyclic) bond motifs is 2. The van der Waals surface area contributed by atoms with Crippen LogP contribution in [0.5, 0.6) is 0 Å². The van der Waals surface area contributed by atoms with Crippen LogP contribution >= 0.6 is 0 Å². The van der Waals surface area contributed by atoms with Gasteiger partial charge in [-0.3, -0.25) is 0 Å². The van der Waals surface area contributed by atoms with Crippen LogP contribution in [0.1, 0.15) is 17.5 Å². The molecule has 1 aromatic carbocycles. The van der Waals surface area contributed by atoms with E-state index in [9.17, 15) is 13.2 Å². The molecule has 0 aromatic heterocycles. The van der Waals surface area contributed by atoms with E-state index in [1.807, 2.05) is 4.90 Å². The number of halogens is 3. The maximum absolute atomic E-state index is 12.9. The fraction of sp³-hybridized carbons (Fsp3) is 0.462. The third kappa shape index (κ3) is 2.04. The molecule has 0 spiro atoms. The molecule has 1 aromatic rings. The molecule has 1 N–H and O–H groups in total. The third-order valence-electron chi connectivity index (χ3n) is 3.82. The number of hydrogen-bond acceptors (Lipinski definition) is 3. The SMILES string of the molecule is N#Cc1ccc(N2CC3CC2CN3)cc1C(F)(F)F. The van der Waals surface area contributed by atoms with Gasteiger partial charge in [-0.25, -0.2) is 0 Å². The molecule has 2 heterocycles. The normalized spacial score (nSPS) is 25.7. The van der Waals surface area contributed by atoms with Gasteiger partial charge >= 0.3 is 6.18 Å². The Morgan fingerprint density at radius 2 is 2.16 bits per heavy atom. The average Bonchev–Trinajstić information content (AvgIpc) is 2.99. The molecular formula is C13H12F3N3. The maximum atomic E-state index is 12.9. The topological polar surface area (TPSA) is 39.1 Å². The first kappa shape index (κ1) is 12.3. The molecule has 3 nitrogen and oxygen atoms in total. The van der Waals surface area contributed by atoms with Gasteiger partial charge in [0.05, 0.1) is 17.2 Å². The Bertz CT molecular complexity index is 547. The van der Waals surface area contributed by atoms with Crippen LogP contribution in [-0.2, 0) is 6.18 Å². The van der Waals surface area contributed by atoms with Crippen molar-refractivity contribution in [2.75, 3.05) is 18.0 Å². The zero-order chi connectivity index (χ0) is 13.6. The lowest BCUT2D eigenvalue weighted by Crippen LogP contribution is -2.43. The Morgan fingerprint density at radius 1 is 1.37 bits per heavy atom. The van der Waals surface area contributed by atoms with Crippen LogP contribution in [0.2, 0.25) is 0 Å². The van der Waals surface area contributed by atoms with Crippen molar-refractivity contribution in [1.82, 2.24) is 5.32 Å². The highest BCUT2D eigenvalue weighted by Gasteiger charge is 2.39. The second kappa shape index (κ2) is 4.14. The van der Waals surface area contributed by atoms with E-state index in [0.29, 0.717) is 11.7 Å². The zero-order valence-corrected chi connectivity index (χ0v) is 10.0. The fourth-order valence-corrected chi connectivity index (χ4v) is 2.92. The summed E-state index contributed by atoms with van der Waals surface area (Å²) >= 11 is 0. The number of piperazine rings is 1. The second-order valence-electron chi connectivity index (χ2n) is 4.99. The maximum Gasteiger partial charge on any atom is 0.417 e. The van der Waals surface area contributed by atoms with Gasteiger partial charge in [-0.05, 0) is 24.6 Å². The highest BCUT2D eigenvalue weighted by atomic mass is 19.4. The van der Waals surface area contributed by atoms with Gasteiger partial charge in [-0.15, -0.1) is 0 Å². The molecule has 6 heteroatoms. The van der Waals surface area contributed by atoms with Gasteiger partial charge in [-0.1, -0.05) is 0 Å². The number of nitrogens with zero attached hydrogens (tertiary/aromatic N) is 2. The van der Waals surface area contributed by atoms with E-state index in [4.69, 9.17) is 5.26 Å². The van der Waals surface area contributed by atoms with Crippen LogP contribution in [0.25, 0.3) is 0 Å². The first-order valence-electron chi connectivity index (χ1n) is 6.10. The molecule has 0 aliphatic carbocycles. The molecule has 2 atom stereocenters. The van der Waals surface area contributed by atoms with Crippen molar-refractivity contribution in [3.63, 3.8) is 0 Å². The highest BCUT2D eigenvalue weighted by molar-refractivity contribution is 5.56. The number of alkyl halides is 3. The van der Waals surface area contributed by atoms with Gasteiger partial charge in [0.2, 0.25) is 0 Å². The lowest BCUT2D eigenvalue weighted by atomic mass is 10.1. The first-order valence-corrected chi connectivity index (χ1v) is 6.10. The molecule has 100 valence electrons. The highest BCUT2D eigenvalue weighted by Crippen LogP contribution is 2.36. The van der Waals surface area contributed by atoms with Crippen LogP contribution in [0.4, 0.5) is 18.9 Å². The van der Waals surface area contributed by atoms with Gasteiger partial charge in [0.25, 0.3) is 0 Å². The van der Waals surface area contributed by atoms with Crippen molar-refractivity contribution in [2.45, 2.75) is 24.7 Å². The van der Waals surface area contributed by atoms with Crippen LogP contribution in [0, 0.1) is 11.3 Å². The van der Waals surface area contributed by atoms with Gasteiger partial charge in [0.1, 0.15) is 0 Å². The summed E-state index contributed by atoms with van der Waals surface area (Å²) < 4.78 is 38.7. The summed E-state index contributed by atoms with van der Waals surface area (Å²) in [6, 6.07) is 6.20. The van der Waals surface area contributed by atoms with Crippen LogP contribution in [0.3, 0.4) is 0 Å². The average molecular weight is 267 g/mol. The van der Waals surface area contributed by atoms with Gasteiger partial charge in [0.15, 0.2) is 0 Å². The van der Waals surface area contributed by atoms with E-state index in [-0.39, 0.29) is 11.6 Å². The number of hydrogen-bond donors (Lipinski definition) is 1. The molecule has 0 saturated carbocycles. The van der Waals surface area contributed by atoms with Crippen molar-refractivity contribution in [2.24, 2.45) is 0 Å². The smallest absolute Gasteiger partial charge is 0.366 e. The minimum absolute atomic E-state index is 0.263. The summed E-state index contributed by atoms with van der Waals surface area (Å²) in [5.74, 6) is 0. The zero-order valence-electron chi connectivity index (χ0n) is 10.0. The molecule has 2 aliphatic heterocycles. The summed E-state index contributed by atoms with van der Waals surface area (Å²) in [5.41, 5.74) is -0.609. The standard InChI is InChI=1S/C13H12F3N3/c14-13(15,16)12-4-10(2-1-8(12)5-17)19-7-9-3-11(19)6-18-9/h1-2,4,9,11,18H,3,6-7H2. The Morgan fingerprint density at radius 3 is 2.68 bits per heavy atom. The van der Waals surface area contributed by atoms with Crippen molar-refractivity contribution in [3.05, 3.63) is 29.3 Å². The minimum atomic E-state index is -4.49. The lowest BCUT2D eigenvalue weighted by molar-refractivity contribution is -0.137. The lowest BCUT2D eigenvalue weighted by Gasteiger charge is -2.30. The predicted molar refractivity (Wildman–Crippen MR) is 63.7 cm³/mol. The van der Waals surface area contributed by atoms with Crippen molar-refractivity contribution in [1.29, 1.82) is 5.26 Å². The predicted octanol–water partition coefficient (Wildman–Crippen LogP) is 2.13. The summed E-state index contributed by atoms with van der Waals surface area (Å²) in [7, 11) is 0. The van der Waals surface area contributed by atoms with E-state index in [1.54, 1.807) is 12.1 Å². The van der Waals surface area contributed by atoms with E-state index < -0.39 is 11.7 Å². The van der Waals surface area contributed by atoms with Gasteiger partial charge < -0.3 is 10.2 Å². The molecular weight excluding hydrogens is 255 g/mol. The van der Waals surface area contributed by atoms with Crippen LogP contribution in [0.15, 0.2) is 18.2 Å². The van der Waals surface area contributed by atoms with Crippen molar-refractivity contribution >= 4 is 5.69 Å². The Balaban J connectivity index is 1.98. The summed E-state index contributed by atoms with van der Waals surface area (Å²) in [4.78, 5) is 2.00. The second-order valence-corrected chi connectivity index (χ2v) is 4.99. The quantitative estimate of drug-likeness (QED) is 0.847. The van der Waals surface area contributed by atoms with E-state index >= 15 is 0 Å². The van der Waals surface area contributed by atoms with Crippen molar-refractivity contribution < 1.29 is 13.2 Å². The summed E-state index contributed by atoms with van der Waals surface area (Å²) in [6.45, 7) is 1.54. The summed E-state index contributed by atoms with van der Waals surface area (Å²) in [6.07, 6.45) is -3.51. The number of rotatable bonds is 1. The number of benzene rings is 1. The molecule has 19 heavy (non-hydrogen) atoms. The Kier molecular flexibility index (Phi) is 2.68. The van der Waals surface area contributed by atoms with Crippen molar-refractivity contribution in [3.8, 4) is 6.07 Å². The molecule has 0 amide bonds. The molecule has 3 rings (SSSR count). The first-order chi connectivity index (χ1) is 8.99. The van der Waals surface area contributed by atoms with E-state index in [2.05, 4.69) is 5.32 Å². The molecule has 2 unspecified atom stereocenters. The van der Waals surface area contributed by atoms with Gasteiger partial charge in [0, 0.05) is 30.9 Å². The number of anilines is 1. The minimum Gasteiger partial charge on any atom is -0.366 e. The molecule has 2 fully saturated rings. The molecule has 2 bridgehead atoms. The third-order valence-corrected chi connectivity index (χ3v) is 3.82. The molecule has 0 radical (unpaired) electrons.